The number of pyridine rings is 1. The number of rotatable bonds is 3. The van der Waals surface area contributed by atoms with Crippen LogP contribution in [0.25, 0.3) is 17.1 Å². The van der Waals surface area contributed by atoms with Gasteiger partial charge in [0.25, 0.3) is 5.91 Å². The highest BCUT2D eigenvalue weighted by Gasteiger charge is 2.26. The van der Waals surface area contributed by atoms with Crippen molar-refractivity contribution >= 4 is 5.91 Å². The van der Waals surface area contributed by atoms with Crippen LogP contribution in [0.1, 0.15) is 28.4 Å². The van der Waals surface area contributed by atoms with Crippen LogP contribution in [0.3, 0.4) is 0 Å². The first-order valence-electron chi connectivity index (χ1n) is 10.1. The summed E-state index contributed by atoms with van der Waals surface area (Å²) in [4.78, 5) is 21.4. The molecule has 0 spiro atoms. The number of nitriles is 1. The second kappa shape index (κ2) is 8.20. The first-order chi connectivity index (χ1) is 14.9. The van der Waals surface area contributed by atoms with Gasteiger partial charge in [-0.2, -0.15) is 10.4 Å². The van der Waals surface area contributed by atoms with E-state index in [1.807, 2.05) is 24.8 Å². The van der Waals surface area contributed by atoms with Gasteiger partial charge in [-0.15, -0.1) is 0 Å². The Hall–Kier alpha value is -3.70. The molecule has 0 saturated carbocycles. The fraction of sp³-hybridized carbons (Fsp3) is 0.304. The van der Waals surface area contributed by atoms with E-state index in [2.05, 4.69) is 28.1 Å². The van der Waals surface area contributed by atoms with E-state index in [-0.39, 0.29) is 17.7 Å². The molecule has 3 heterocycles. The van der Waals surface area contributed by atoms with E-state index in [4.69, 9.17) is 0 Å². The molecule has 31 heavy (non-hydrogen) atoms. The quantitative estimate of drug-likeness (QED) is 0.705. The molecule has 2 aromatic heterocycles. The molecule has 1 aromatic carbocycles. The third-order valence-electron chi connectivity index (χ3n) is 5.73. The highest BCUT2D eigenvalue weighted by molar-refractivity contribution is 5.94. The van der Waals surface area contributed by atoms with Gasteiger partial charge in [-0.1, -0.05) is 12.1 Å². The van der Waals surface area contributed by atoms with Gasteiger partial charge in [0.05, 0.1) is 23.4 Å². The standard InChI is InChI=1S/C23H24N6O2/c1-15-13-27(3)9-10-28(15)23(31)18-7-8-21(25-12-18)29-14-20(30)22(26-29)19-6-4-5-17(11-24)16(19)2/h4-8,12,14-15,30H,9-10,13H2,1-3H3/t15-/m1/s1. The maximum absolute atomic E-state index is 12.9. The Kier molecular flexibility index (Phi) is 5.44. The van der Waals surface area contributed by atoms with Crippen molar-refractivity contribution in [1.82, 2.24) is 24.6 Å². The van der Waals surface area contributed by atoms with Gasteiger partial charge in [0.15, 0.2) is 11.6 Å². The smallest absolute Gasteiger partial charge is 0.255 e. The lowest BCUT2D eigenvalue weighted by molar-refractivity contribution is 0.0533. The topological polar surface area (TPSA) is 98.3 Å². The van der Waals surface area contributed by atoms with Gasteiger partial charge in [-0.3, -0.25) is 4.79 Å². The van der Waals surface area contributed by atoms with Crippen molar-refractivity contribution < 1.29 is 9.90 Å². The van der Waals surface area contributed by atoms with E-state index in [9.17, 15) is 15.2 Å². The average molecular weight is 416 g/mol. The number of carbonyl (C=O) groups excluding carboxylic acids is 1. The first kappa shape index (κ1) is 20.6. The van der Waals surface area contributed by atoms with Gasteiger partial charge >= 0.3 is 0 Å². The van der Waals surface area contributed by atoms with Crippen molar-refractivity contribution in [1.29, 1.82) is 5.26 Å². The van der Waals surface area contributed by atoms with Gasteiger partial charge in [0, 0.05) is 37.4 Å². The number of aromatic nitrogens is 3. The molecule has 1 aliphatic rings. The molecule has 4 rings (SSSR count). The summed E-state index contributed by atoms with van der Waals surface area (Å²) in [6, 6.07) is 11.0. The SMILES string of the molecule is Cc1c(C#N)cccc1-c1nn(-c2ccc(C(=O)N3CCN(C)C[C@H]3C)cn2)cc1O. The van der Waals surface area contributed by atoms with Gasteiger partial charge in [0.1, 0.15) is 5.69 Å². The molecule has 8 heteroatoms. The van der Waals surface area contributed by atoms with Crippen molar-refractivity contribution in [3.05, 3.63) is 59.4 Å². The molecule has 8 nitrogen and oxygen atoms in total. The zero-order chi connectivity index (χ0) is 22.1. The van der Waals surface area contributed by atoms with E-state index >= 15 is 0 Å². The lowest BCUT2D eigenvalue weighted by atomic mass is 10.0. The van der Waals surface area contributed by atoms with E-state index < -0.39 is 0 Å². The van der Waals surface area contributed by atoms with Gasteiger partial charge in [-0.25, -0.2) is 9.67 Å². The lowest BCUT2D eigenvalue weighted by Gasteiger charge is -2.38. The Morgan fingerprint density at radius 1 is 1.26 bits per heavy atom. The summed E-state index contributed by atoms with van der Waals surface area (Å²) in [6.45, 7) is 6.26. The molecule has 1 aliphatic heterocycles. The highest BCUT2D eigenvalue weighted by Crippen LogP contribution is 2.32. The van der Waals surface area contributed by atoms with Crippen LogP contribution in [0.5, 0.6) is 5.75 Å². The Bertz CT molecular complexity index is 1160. The predicted molar refractivity (Wildman–Crippen MR) is 116 cm³/mol. The fourth-order valence-electron chi connectivity index (χ4n) is 3.94. The largest absolute Gasteiger partial charge is 0.504 e. The lowest BCUT2D eigenvalue weighted by Crippen LogP contribution is -2.52. The van der Waals surface area contributed by atoms with Crippen molar-refractivity contribution in [2.45, 2.75) is 19.9 Å². The van der Waals surface area contributed by atoms with E-state index in [1.54, 1.807) is 30.5 Å². The molecular formula is C23H24N6O2. The monoisotopic (exact) mass is 416 g/mol. The Morgan fingerprint density at radius 2 is 2.06 bits per heavy atom. The number of amides is 1. The third kappa shape index (κ3) is 3.88. The molecule has 0 radical (unpaired) electrons. The third-order valence-corrected chi connectivity index (χ3v) is 5.73. The summed E-state index contributed by atoms with van der Waals surface area (Å²) in [5.74, 6) is 0.442. The highest BCUT2D eigenvalue weighted by atomic mass is 16.3. The number of aromatic hydroxyl groups is 1. The minimum atomic E-state index is -0.0346. The number of hydrogen-bond acceptors (Lipinski definition) is 6. The van der Waals surface area contributed by atoms with Crippen LogP contribution < -0.4 is 0 Å². The first-order valence-corrected chi connectivity index (χ1v) is 10.1. The van der Waals surface area contributed by atoms with E-state index in [1.165, 1.54) is 10.9 Å². The van der Waals surface area contributed by atoms with Crippen LogP contribution in [0.15, 0.2) is 42.7 Å². The molecule has 158 valence electrons. The molecule has 1 atom stereocenters. The number of nitrogens with zero attached hydrogens (tertiary/aromatic N) is 6. The number of piperazine rings is 1. The van der Waals surface area contributed by atoms with Crippen LogP contribution in [0, 0.1) is 18.3 Å². The fourth-order valence-corrected chi connectivity index (χ4v) is 3.94. The maximum Gasteiger partial charge on any atom is 0.255 e. The molecule has 0 bridgehead atoms. The summed E-state index contributed by atoms with van der Waals surface area (Å²) in [7, 11) is 2.06. The Balaban J connectivity index is 1.59. The molecular weight excluding hydrogens is 392 g/mol. The maximum atomic E-state index is 12.9. The normalized spacial score (nSPS) is 16.8. The summed E-state index contributed by atoms with van der Waals surface area (Å²) in [5, 5.41) is 24.2. The molecule has 0 aliphatic carbocycles. The number of benzene rings is 1. The summed E-state index contributed by atoms with van der Waals surface area (Å²) in [5.41, 5.74) is 2.87. The minimum Gasteiger partial charge on any atom is -0.504 e. The summed E-state index contributed by atoms with van der Waals surface area (Å²) in [6.07, 6.45) is 3.02. The summed E-state index contributed by atoms with van der Waals surface area (Å²) >= 11 is 0. The van der Waals surface area contributed by atoms with Crippen molar-refractivity contribution in [3.63, 3.8) is 0 Å². The van der Waals surface area contributed by atoms with Crippen LogP contribution >= 0.6 is 0 Å². The van der Waals surface area contributed by atoms with Crippen molar-refractivity contribution in [2.75, 3.05) is 26.7 Å². The van der Waals surface area contributed by atoms with Gasteiger partial charge < -0.3 is 14.9 Å². The molecule has 1 N–H and O–H groups in total. The Morgan fingerprint density at radius 3 is 2.74 bits per heavy atom. The van der Waals surface area contributed by atoms with Crippen LogP contribution in [-0.4, -0.2) is 68.3 Å². The second-order valence-corrected chi connectivity index (χ2v) is 7.91. The van der Waals surface area contributed by atoms with Gasteiger partial charge in [0.2, 0.25) is 0 Å². The molecule has 0 unspecified atom stereocenters. The minimum absolute atomic E-state index is 0.00796. The second-order valence-electron chi connectivity index (χ2n) is 7.91. The van der Waals surface area contributed by atoms with E-state index in [0.29, 0.717) is 34.7 Å². The zero-order valence-electron chi connectivity index (χ0n) is 17.8. The number of likely N-dealkylation sites (N-methyl/N-ethyl adjacent to an activating group) is 1. The van der Waals surface area contributed by atoms with Crippen LogP contribution in [0.2, 0.25) is 0 Å². The Labute approximate surface area is 181 Å². The summed E-state index contributed by atoms with van der Waals surface area (Å²) < 4.78 is 1.47. The molecule has 1 amide bonds. The average Bonchev–Trinajstić information content (AvgIpc) is 3.15. The zero-order valence-corrected chi connectivity index (χ0v) is 17.8. The van der Waals surface area contributed by atoms with Gasteiger partial charge in [-0.05, 0) is 44.7 Å². The number of carbonyl (C=O) groups is 1. The molecule has 3 aromatic rings. The number of hydrogen-bond donors (Lipinski definition) is 1. The molecule has 1 saturated heterocycles. The van der Waals surface area contributed by atoms with Crippen molar-refractivity contribution in [2.24, 2.45) is 0 Å². The predicted octanol–water partition coefficient (Wildman–Crippen LogP) is 2.60. The molecule has 1 fully saturated rings. The van der Waals surface area contributed by atoms with Crippen molar-refractivity contribution in [3.8, 4) is 28.9 Å². The van der Waals surface area contributed by atoms with Crippen LogP contribution in [-0.2, 0) is 0 Å². The van der Waals surface area contributed by atoms with Crippen LogP contribution in [0.4, 0.5) is 0 Å². The van der Waals surface area contributed by atoms with E-state index in [0.717, 1.165) is 18.7 Å².